The molecule has 0 spiro atoms. The number of rotatable bonds is 4. The molecule has 116 valence electrons. The predicted molar refractivity (Wildman–Crippen MR) is 90.1 cm³/mol. The molecular formula is C17H17N5O. The summed E-state index contributed by atoms with van der Waals surface area (Å²) in [5.41, 5.74) is 3.29. The first kappa shape index (κ1) is 14.8. The number of benzene rings is 2. The summed E-state index contributed by atoms with van der Waals surface area (Å²) >= 11 is 0. The molecule has 1 aromatic heterocycles. The molecular weight excluding hydrogens is 290 g/mol. The first-order valence-corrected chi connectivity index (χ1v) is 7.17. The lowest BCUT2D eigenvalue weighted by molar-refractivity contribution is 0.102. The summed E-state index contributed by atoms with van der Waals surface area (Å²) in [6.07, 6.45) is 3.08. The number of carbonyl (C=O) groups excluding carboxylic acids is 1. The van der Waals surface area contributed by atoms with Crippen LogP contribution in [0, 0.1) is 0 Å². The molecule has 2 aromatic carbocycles. The molecule has 0 atom stereocenters. The van der Waals surface area contributed by atoms with Gasteiger partial charge in [-0.25, -0.2) is 9.67 Å². The number of nitrogens with one attached hydrogen (secondary N) is 1. The van der Waals surface area contributed by atoms with Crippen LogP contribution >= 0.6 is 0 Å². The van der Waals surface area contributed by atoms with Crippen LogP contribution in [-0.2, 0) is 0 Å². The number of amides is 1. The summed E-state index contributed by atoms with van der Waals surface area (Å²) in [5.74, 6) is -0.146. The minimum absolute atomic E-state index is 0.146. The van der Waals surface area contributed by atoms with Crippen molar-refractivity contribution in [2.75, 3.05) is 24.3 Å². The monoisotopic (exact) mass is 307 g/mol. The van der Waals surface area contributed by atoms with Crippen molar-refractivity contribution in [1.82, 2.24) is 14.8 Å². The summed E-state index contributed by atoms with van der Waals surface area (Å²) < 4.78 is 1.64. The van der Waals surface area contributed by atoms with Gasteiger partial charge in [0, 0.05) is 31.0 Å². The van der Waals surface area contributed by atoms with Crippen LogP contribution in [0.3, 0.4) is 0 Å². The van der Waals surface area contributed by atoms with Crippen LogP contribution in [0.25, 0.3) is 5.69 Å². The number of hydrogen-bond acceptors (Lipinski definition) is 4. The van der Waals surface area contributed by atoms with Gasteiger partial charge in [-0.3, -0.25) is 4.79 Å². The molecule has 0 saturated heterocycles. The zero-order valence-electron chi connectivity index (χ0n) is 13.0. The highest BCUT2D eigenvalue weighted by molar-refractivity contribution is 6.04. The molecule has 0 radical (unpaired) electrons. The van der Waals surface area contributed by atoms with Gasteiger partial charge in [-0.15, -0.1) is 0 Å². The first-order valence-electron chi connectivity index (χ1n) is 7.17. The third-order valence-electron chi connectivity index (χ3n) is 3.45. The van der Waals surface area contributed by atoms with Gasteiger partial charge in [-0.2, -0.15) is 5.10 Å². The van der Waals surface area contributed by atoms with E-state index in [1.54, 1.807) is 23.1 Å². The van der Waals surface area contributed by atoms with Gasteiger partial charge in [0.2, 0.25) is 0 Å². The Labute approximate surface area is 134 Å². The van der Waals surface area contributed by atoms with Crippen molar-refractivity contribution in [3.05, 3.63) is 66.7 Å². The van der Waals surface area contributed by atoms with E-state index in [1.807, 2.05) is 55.4 Å². The van der Waals surface area contributed by atoms with Crippen LogP contribution in [0.1, 0.15) is 10.4 Å². The fourth-order valence-corrected chi connectivity index (χ4v) is 2.15. The maximum Gasteiger partial charge on any atom is 0.255 e. The van der Waals surface area contributed by atoms with Gasteiger partial charge in [0.15, 0.2) is 0 Å². The van der Waals surface area contributed by atoms with Crippen LogP contribution in [-0.4, -0.2) is 34.8 Å². The van der Waals surface area contributed by atoms with Crippen molar-refractivity contribution < 1.29 is 4.79 Å². The van der Waals surface area contributed by atoms with E-state index >= 15 is 0 Å². The van der Waals surface area contributed by atoms with Crippen molar-refractivity contribution in [1.29, 1.82) is 0 Å². The lowest BCUT2D eigenvalue weighted by Gasteiger charge is -2.13. The number of aromatic nitrogens is 3. The minimum Gasteiger partial charge on any atom is -0.378 e. The Bertz CT molecular complexity index is 777. The highest BCUT2D eigenvalue weighted by Crippen LogP contribution is 2.17. The maximum absolute atomic E-state index is 12.3. The first-order chi connectivity index (χ1) is 11.1. The molecule has 1 amide bonds. The largest absolute Gasteiger partial charge is 0.378 e. The molecule has 6 nitrogen and oxygen atoms in total. The molecule has 0 aliphatic rings. The second-order valence-electron chi connectivity index (χ2n) is 5.28. The van der Waals surface area contributed by atoms with Gasteiger partial charge < -0.3 is 10.2 Å². The van der Waals surface area contributed by atoms with Gasteiger partial charge in [0.25, 0.3) is 5.91 Å². The molecule has 0 fully saturated rings. The zero-order chi connectivity index (χ0) is 16.2. The average molecular weight is 307 g/mol. The van der Waals surface area contributed by atoms with Gasteiger partial charge >= 0.3 is 0 Å². The van der Waals surface area contributed by atoms with E-state index in [4.69, 9.17) is 0 Å². The van der Waals surface area contributed by atoms with Crippen LogP contribution in [0.15, 0.2) is 61.2 Å². The van der Waals surface area contributed by atoms with Crippen molar-refractivity contribution in [3.8, 4) is 5.69 Å². The third kappa shape index (κ3) is 3.37. The highest BCUT2D eigenvalue weighted by Gasteiger charge is 2.07. The predicted octanol–water partition coefficient (Wildman–Crippen LogP) is 2.59. The smallest absolute Gasteiger partial charge is 0.255 e. The number of nitrogens with zero attached hydrogens (tertiary/aromatic N) is 4. The van der Waals surface area contributed by atoms with Crippen LogP contribution in [0.2, 0.25) is 0 Å². The summed E-state index contributed by atoms with van der Waals surface area (Å²) in [7, 11) is 3.95. The highest BCUT2D eigenvalue weighted by atomic mass is 16.1. The Balaban J connectivity index is 1.70. The van der Waals surface area contributed by atoms with E-state index < -0.39 is 0 Å². The summed E-state index contributed by atoms with van der Waals surface area (Å²) in [6, 6.07) is 14.9. The Morgan fingerprint density at radius 3 is 2.30 bits per heavy atom. The van der Waals surface area contributed by atoms with Crippen LogP contribution in [0.4, 0.5) is 11.4 Å². The molecule has 1 heterocycles. The van der Waals surface area contributed by atoms with Crippen molar-refractivity contribution in [2.45, 2.75) is 0 Å². The van der Waals surface area contributed by atoms with Crippen molar-refractivity contribution in [2.24, 2.45) is 0 Å². The lowest BCUT2D eigenvalue weighted by Crippen LogP contribution is -2.12. The molecule has 23 heavy (non-hydrogen) atoms. The van der Waals surface area contributed by atoms with Crippen LogP contribution in [0.5, 0.6) is 0 Å². The number of carbonyl (C=O) groups is 1. The summed E-state index contributed by atoms with van der Waals surface area (Å²) in [6.45, 7) is 0. The minimum atomic E-state index is -0.146. The van der Waals surface area contributed by atoms with E-state index in [1.165, 1.54) is 6.33 Å². The van der Waals surface area contributed by atoms with Crippen molar-refractivity contribution >= 4 is 17.3 Å². The molecule has 6 heteroatoms. The molecule has 3 aromatic rings. The fourth-order valence-electron chi connectivity index (χ4n) is 2.15. The van der Waals surface area contributed by atoms with E-state index in [2.05, 4.69) is 15.4 Å². The molecule has 0 unspecified atom stereocenters. The lowest BCUT2D eigenvalue weighted by atomic mass is 10.2. The molecule has 0 aliphatic carbocycles. The molecule has 0 bridgehead atoms. The Hall–Kier alpha value is -3.15. The van der Waals surface area contributed by atoms with E-state index in [0.29, 0.717) is 5.56 Å². The zero-order valence-corrected chi connectivity index (χ0v) is 13.0. The maximum atomic E-state index is 12.3. The third-order valence-corrected chi connectivity index (χ3v) is 3.45. The Morgan fingerprint density at radius 1 is 1.04 bits per heavy atom. The fraction of sp³-hybridized carbons (Fsp3) is 0.118. The van der Waals surface area contributed by atoms with Gasteiger partial charge in [0.05, 0.1) is 5.69 Å². The van der Waals surface area contributed by atoms with Gasteiger partial charge in [-0.05, 0) is 48.5 Å². The second-order valence-corrected chi connectivity index (χ2v) is 5.28. The van der Waals surface area contributed by atoms with Crippen molar-refractivity contribution in [3.63, 3.8) is 0 Å². The van der Waals surface area contributed by atoms with Gasteiger partial charge in [0.1, 0.15) is 12.7 Å². The average Bonchev–Trinajstić information content (AvgIpc) is 3.10. The standard InChI is InChI=1S/C17H17N5O/c1-21(2)15-9-5-14(6-10-15)20-17(23)13-3-7-16(8-4-13)22-12-18-11-19-22/h3-12H,1-2H3,(H,20,23). The molecule has 0 aliphatic heterocycles. The molecule has 3 rings (SSSR count). The number of anilines is 2. The molecule has 1 N–H and O–H groups in total. The quantitative estimate of drug-likeness (QED) is 0.804. The summed E-state index contributed by atoms with van der Waals surface area (Å²) in [4.78, 5) is 18.2. The van der Waals surface area contributed by atoms with Crippen LogP contribution < -0.4 is 10.2 Å². The number of hydrogen-bond donors (Lipinski definition) is 1. The molecule has 0 saturated carbocycles. The summed E-state index contributed by atoms with van der Waals surface area (Å²) in [5, 5.41) is 6.94. The normalized spacial score (nSPS) is 10.3. The van der Waals surface area contributed by atoms with E-state index in [9.17, 15) is 4.79 Å². The van der Waals surface area contributed by atoms with Gasteiger partial charge in [-0.1, -0.05) is 0 Å². The SMILES string of the molecule is CN(C)c1ccc(NC(=O)c2ccc(-n3cncn3)cc2)cc1. The topological polar surface area (TPSA) is 63.1 Å². The Kier molecular flexibility index (Phi) is 4.05. The Morgan fingerprint density at radius 2 is 1.74 bits per heavy atom. The second kappa shape index (κ2) is 6.31. The van der Waals surface area contributed by atoms with E-state index in [-0.39, 0.29) is 5.91 Å². The van der Waals surface area contributed by atoms with E-state index in [0.717, 1.165) is 17.1 Å².